The van der Waals surface area contributed by atoms with E-state index in [4.69, 9.17) is 5.26 Å². The lowest BCUT2D eigenvalue weighted by atomic mass is 9.94. The summed E-state index contributed by atoms with van der Waals surface area (Å²) in [4.78, 5) is 15.2. The minimum Gasteiger partial charge on any atom is -0.355 e. The van der Waals surface area contributed by atoms with E-state index in [9.17, 15) is 4.79 Å². The summed E-state index contributed by atoms with van der Waals surface area (Å²) in [5.74, 6) is 0.818. The molecule has 1 amide bonds. The fourth-order valence-electron chi connectivity index (χ4n) is 3.67. The van der Waals surface area contributed by atoms with Gasteiger partial charge in [0.1, 0.15) is 6.07 Å². The van der Waals surface area contributed by atoms with Crippen molar-refractivity contribution in [1.29, 1.82) is 5.26 Å². The molecule has 0 radical (unpaired) electrons. The molecule has 2 aliphatic heterocycles. The fraction of sp³-hybridized carbons (Fsp3) is 0.350. The average molecular weight is 360 g/mol. The summed E-state index contributed by atoms with van der Waals surface area (Å²) in [6.45, 7) is 1.48. The Labute approximate surface area is 157 Å². The minimum atomic E-state index is -0.0333. The number of nitriles is 1. The zero-order valence-corrected chi connectivity index (χ0v) is 14.9. The molecule has 1 atom stereocenters. The van der Waals surface area contributed by atoms with Crippen LogP contribution in [0.15, 0.2) is 47.6 Å². The lowest BCUT2D eigenvalue weighted by molar-refractivity contribution is -0.138. The summed E-state index contributed by atoms with van der Waals surface area (Å²) in [5.41, 5.74) is 1.43. The molecule has 0 spiro atoms. The molecule has 3 heterocycles. The second-order valence-electron chi connectivity index (χ2n) is 6.79. The van der Waals surface area contributed by atoms with Crippen LogP contribution in [0.1, 0.15) is 36.6 Å². The van der Waals surface area contributed by atoms with Crippen molar-refractivity contribution in [3.05, 3.63) is 53.7 Å². The van der Waals surface area contributed by atoms with Gasteiger partial charge >= 0.3 is 0 Å². The Hall–Kier alpha value is -3.27. The van der Waals surface area contributed by atoms with E-state index < -0.39 is 0 Å². The number of hydrazone groups is 1. The summed E-state index contributed by atoms with van der Waals surface area (Å²) in [7, 11) is 0. The fourth-order valence-corrected chi connectivity index (χ4v) is 3.67. The topological polar surface area (TPSA) is 85.5 Å². The summed E-state index contributed by atoms with van der Waals surface area (Å²) < 4.78 is 0. The Morgan fingerprint density at radius 2 is 1.85 bits per heavy atom. The largest absolute Gasteiger partial charge is 0.355 e. The maximum atomic E-state index is 13.0. The Morgan fingerprint density at radius 1 is 1.07 bits per heavy atom. The molecule has 2 aliphatic rings. The van der Waals surface area contributed by atoms with Crippen LogP contribution in [-0.2, 0) is 4.79 Å². The molecule has 27 heavy (non-hydrogen) atoms. The van der Waals surface area contributed by atoms with Crippen LogP contribution in [-0.4, -0.2) is 40.4 Å². The summed E-state index contributed by atoms with van der Waals surface area (Å²) in [6, 6.07) is 15.5. The van der Waals surface area contributed by atoms with E-state index in [1.165, 1.54) is 0 Å². The van der Waals surface area contributed by atoms with Crippen molar-refractivity contribution in [3.8, 4) is 6.07 Å². The van der Waals surface area contributed by atoms with Gasteiger partial charge in [0.2, 0.25) is 5.91 Å². The molecule has 136 valence electrons. The Kier molecular flexibility index (Phi) is 4.79. The molecule has 0 N–H and O–H groups in total. The van der Waals surface area contributed by atoms with Crippen LogP contribution >= 0.6 is 0 Å². The molecule has 7 heteroatoms. The monoisotopic (exact) mass is 360 g/mol. The Morgan fingerprint density at radius 3 is 2.52 bits per heavy atom. The minimum absolute atomic E-state index is 0.00104. The van der Waals surface area contributed by atoms with Crippen molar-refractivity contribution in [2.45, 2.75) is 25.3 Å². The van der Waals surface area contributed by atoms with Crippen molar-refractivity contribution in [2.24, 2.45) is 11.0 Å². The number of carbonyl (C=O) groups is 1. The smallest absolute Gasteiger partial charge is 0.246 e. The molecule has 0 saturated carbocycles. The van der Waals surface area contributed by atoms with Gasteiger partial charge in [-0.25, -0.2) is 5.01 Å². The first-order valence-electron chi connectivity index (χ1n) is 9.15. The number of hydrogen-bond donors (Lipinski definition) is 0. The van der Waals surface area contributed by atoms with E-state index >= 15 is 0 Å². The number of anilines is 1. The molecule has 2 aromatic rings. The van der Waals surface area contributed by atoms with Crippen LogP contribution < -0.4 is 4.90 Å². The molecule has 0 aliphatic carbocycles. The average Bonchev–Trinajstić information content (AvgIpc) is 3.24. The van der Waals surface area contributed by atoms with Gasteiger partial charge in [-0.1, -0.05) is 30.3 Å². The number of carbonyl (C=O) groups excluding carboxylic acids is 1. The second-order valence-corrected chi connectivity index (χ2v) is 6.79. The molecule has 1 fully saturated rings. The van der Waals surface area contributed by atoms with Gasteiger partial charge in [0.15, 0.2) is 11.5 Å². The van der Waals surface area contributed by atoms with Gasteiger partial charge in [-0.2, -0.15) is 10.4 Å². The third kappa shape index (κ3) is 3.51. The van der Waals surface area contributed by atoms with Crippen molar-refractivity contribution in [1.82, 2.24) is 15.2 Å². The second kappa shape index (κ2) is 7.54. The highest BCUT2D eigenvalue weighted by Crippen LogP contribution is 2.32. The first kappa shape index (κ1) is 17.2. The number of nitrogens with zero attached hydrogens (tertiary/aromatic N) is 6. The quantitative estimate of drug-likeness (QED) is 0.839. The number of rotatable bonds is 3. The molecule has 1 aromatic carbocycles. The normalized spacial score (nSPS) is 19.9. The van der Waals surface area contributed by atoms with Gasteiger partial charge in [0.05, 0.1) is 6.04 Å². The lowest BCUT2D eigenvalue weighted by Gasteiger charge is -2.34. The molecule has 1 saturated heterocycles. The van der Waals surface area contributed by atoms with Gasteiger partial charge in [-0.15, -0.1) is 10.2 Å². The van der Waals surface area contributed by atoms with Crippen LogP contribution in [0.5, 0.6) is 0 Å². The third-order valence-corrected chi connectivity index (χ3v) is 5.17. The Balaban J connectivity index is 1.39. The number of piperidine rings is 1. The standard InChI is InChI=1S/C20H20N6O/c21-14-17-6-7-19(24-23-17)25-12-9-16(10-13-25)20(27)26-18(8-11-22-26)15-4-2-1-3-5-15/h1-7,11,16,18H,8-10,12-13H2. The highest BCUT2D eigenvalue weighted by atomic mass is 16.2. The van der Waals surface area contributed by atoms with Crippen molar-refractivity contribution < 1.29 is 4.79 Å². The van der Waals surface area contributed by atoms with Crippen LogP contribution in [0.4, 0.5) is 5.82 Å². The highest BCUT2D eigenvalue weighted by molar-refractivity contribution is 5.82. The maximum Gasteiger partial charge on any atom is 0.246 e. The predicted octanol–water partition coefficient (Wildman–Crippen LogP) is 2.52. The van der Waals surface area contributed by atoms with Crippen LogP contribution in [0, 0.1) is 17.2 Å². The van der Waals surface area contributed by atoms with Gasteiger partial charge in [0.25, 0.3) is 0 Å². The van der Waals surface area contributed by atoms with Gasteiger partial charge in [0, 0.05) is 31.6 Å². The van der Waals surface area contributed by atoms with Crippen molar-refractivity contribution in [3.63, 3.8) is 0 Å². The van der Waals surface area contributed by atoms with Gasteiger partial charge in [-0.05, 0) is 30.5 Å². The molecule has 4 rings (SSSR count). The van der Waals surface area contributed by atoms with Crippen LogP contribution in [0.2, 0.25) is 0 Å². The van der Waals surface area contributed by atoms with Gasteiger partial charge in [-0.3, -0.25) is 4.79 Å². The number of amides is 1. The van der Waals surface area contributed by atoms with E-state index in [1.807, 2.05) is 48.7 Å². The molecule has 0 bridgehead atoms. The lowest BCUT2D eigenvalue weighted by Crippen LogP contribution is -2.41. The maximum absolute atomic E-state index is 13.0. The van der Waals surface area contributed by atoms with Crippen LogP contribution in [0.3, 0.4) is 0 Å². The SMILES string of the molecule is N#Cc1ccc(N2CCC(C(=O)N3N=CCC3c3ccccc3)CC2)nn1. The highest BCUT2D eigenvalue weighted by Gasteiger charge is 2.34. The van der Waals surface area contributed by atoms with E-state index in [1.54, 1.807) is 11.1 Å². The molecule has 1 unspecified atom stereocenters. The van der Waals surface area contributed by atoms with Gasteiger partial charge < -0.3 is 4.90 Å². The predicted molar refractivity (Wildman–Crippen MR) is 101 cm³/mol. The Bertz CT molecular complexity index is 866. The number of benzene rings is 1. The van der Waals surface area contributed by atoms with Crippen LogP contribution in [0.25, 0.3) is 0 Å². The summed E-state index contributed by atoms with van der Waals surface area (Å²) in [6.07, 6.45) is 4.11. The zero-order chi connectivity index (χ0) is 18.6. The number of hydrogen-bond acceptors (Lipinski definition) is 6. The van der Waals surface area contributed by atoms with E-state index in [2.05, 4.69) is 20.2 Å². The molecular weight excluding hydrogens is 340 g/mol. The molecule has 7 nitrogen and oxygen atoms in total. The van der Waals surface area contributed by atoms with Crippen molar-refractivity contribution >= 4 is 17.9 Å². The first-order valence-corrected chi connectivity index (χ1v) is 9.15. The van der Waals surface area contributed by atoms with E-state index in [0.717, 1.165) is 43.7 Å². The summed E-state index contributed by atoms with van der Waals surface area (Å²) in [5, 5.41) is 22.8. The van der Waals surface area contributed by atoms with E-state index in [-0.39, 0.29) is 17.9 Å². The zero-order valence-electron chi connectivity index (χ0n) is 14.9. The molecular formula is C20H20N6O. The van der Waals surface area contributed by atoms with E-state index in [0.29, 0.717) is 5.69 Å². The third-order valence-electron chi connectivity index (χ3n) is 5.17. The van der Waals surface area contributed by atoms with Crippen molar-refractivity contribution in [2.75, 3.05) is 18.0 Å². The first-order chi connectivity index (χ1) is 13.3. The summed E-state index contributed by atoms with van der Waals surface area (Å²) >= 11 is 0. The molecule has 1 aromatic heterocycles. The number of aromatic nitrogens is 2.